The molecule has 3 heterocycles. The smallest absolute Gasteiger partial charge is 0.185 e. The molecule has 1 N–H and O–H groups in total. The van der Waals surface area contributed by atoms with Gasteiger partial charge in [0.05, 0.1) is 7.11 Å². The normalized spacial score (nSPS) is 20.8. The Hall–Kier alpha value is -1.74. The molecule has 4 rings (SSSR count). The third-order valence-corrected chi connectivity index (χ3v) is 7.13. The topological polar surface area (TPSA) is 52.1 Å². The van der Waals surface area contributed by atoms with Crippen LogP contribution in [0.2, 0.25) is 0 Å². The molecule has 0 amide bonds. The fraction of sp³-hybridized carbons (Fsp3) is 0.591. The summed E-state index contributed by atoms with van der Waals surface area (Å²) in [6.07, 6.45) is 5.22. The van der Waals surface area contributed by atoms with Crippen molar-refractivity contribution in [1.29, 1.82) is 0 Å². The Morgan fingerprint density at radius 3 is 2.77 bits per heavy atom. The Labute approximate surface area is 181 Å². The molecular weight excluding hydrogens is 403 g/mol. The lowest BCUT2D eigenvalue weighted by molar-refractivity contribution is 0.0497. The van der Waals surface area contributed by atoms with Gasteiger partial charge < -0.3 is 14.7 Å². The molecule has 0 bridgehead atoms. The first-order valence-electron chi connectivity index (χ1n) is 10.8. The van der Waals surface area contributed by atoms with Crippen LogP contribution in [0.1, 0.15) is 29.7 Å². The molecule has 6 nitrogen and oxygen atoms in total. The summed E-state index contributed by atoms with van der Waals surface area (Å²) in [6.45, 7) is 6.46. The van der Waals surface area contributed by atoms with E-state index in [-0.39, 0.29) is 18.5 Å². The van der Waals surface area contributed by atoms with E-state index >= 15 is 0 Å². The van der Waals surface area contributed by atoms with Crippen LogP contribution in [0.15, 0.2) is 24.4 Å². The molecule has 2 aromatic rings. The van der Waals surface area contributed by atoms with E-state index in [9.17, 15) is 9.50 Å². The van der Waals surface area contributed by atoms with E-state index in [0.29, 0.717) is 24.3 Å². The predicted molar refractivity (Wildman–Crippen MR) is 118 cm³/mol. The van der Waals surface area contributed by atoms with Gasteiger partial charge in [-0.2, -0.15) is 0 Å². The van der Waals surface area contributed by atoms with E-state index < -0.39 is 0 Å². The summed E-state index contributed by atoms with van der Waals surface area (Å²) in [5.41, 5.74) is 0.671. The van der Waals surface area contributed by atoms with Crippen molar-refractivity contribution in [1.82, 2.24) is 14.8 Å². The van der Waals surface area contributed by atoms with Crippen molar-refractivity contribution in [2.45, 2.75) is 38.4 Å². The van der Waals surface area contributed by atoms with Gasteiger partial charge in [-0.15, -0.1) is 11.3 Å². The lowest BCUT2D eigenvalue weighted by Crippen LogP contribution is -2.52. The molecule has 0 saturated carbocycles. The van der Waals surface area contributed by atoms with Crippen LogP contribution in [0, 0.1) is 5.82 Å². The fourth-order valence-corrected chi connectivity index (χ4v) is 5.38. The van der Waals surface area contributed by atoms with Crippen LogP contribution in [0.4, 0.5) is 9.52 Å². The van der Waals surface area contributed by atoms with Crippen molar-refractivity contribution >= 4 is 16.5 Å². The van der Waals surface area contributed by atoms with E-state index in [1.165, 1.54) is 23.8 Å². The van der Waals surface area contributed by atoms with Crippen molar-refractivity contribution < 1.29 is 14.2 Å². The SMILES string of the molecule is COc1ccc(CN2CCN(Cc3cnc(N4CCCC4)s3)C[C@@H]2CCO)c(F)c1. The van der Waals surface area contributed by atoms with Gasteiger partial charge >= 0.3 is 0 Å². The number of hydrogen-bond donors (Lipinski definition) is 1. The highest BCUT2D eigenvalue weighted by molar-refractivity contribution is 7.15. The monoisotopic (exact) mass is 434 g/mol. The Balaban J connectivity index is 1.37. The maximum atomic E-state index is 14.4. The van der Waals surface area contributed by atoms with Gasteiger partial charge in [0, 0.05) is 81.2 Å². The molecule has 0 aliphatic carbocycles. The van der Waals surface area contributed by atoms with Gasteiger partial charge in [-0.25, -0.2) is 9.37 Å². The van der Waals surface area contributed by atoms with Gasteiger partial charge in [-0.3, -0.25) is 9.80 Å². The minimum absolute atomic E-state index is 0.139. The standard InChI is InChI=1S/C22H31FN4O2S/c1-29-19-5-4-17(21(23)12-19)14-27-10-9-25(15-18(27)6-11-28)16-20-13-24-22(30-20)26-7-2-3-8-26/h4-5,12-13,18,28H,2-3,6-11,14-16H2,1H3/t18-/m0/s1. The first-order chi connectivity index (χ1) is 14.7. The lowest BCUT2D eigenvalue weighted by Gasteiger charge is -2.41. The maximum Gasteiger partial charge on any atom is 0.185 e. The molecule has 0 radical (unpaired) electrons. The van der Waals surface area contributed by atoms with Crippen LogP contribution in [0.3, 0.4) is 0 Å². The molecule has 8 heteroatoms. The number of benzene rings is 1. The third kappa shape index (κ3) is 5.11. The maximum absolute atomic E-state index is 14.4. The highest BCUT2D eigenvalue weighted by Gasteiger charge is 2.28. The van der Waals surface area contributed by atoms with Crippen molar-refractivity contribution in [3.05, 3.63) is 40.7 Å². The summed E-state index contributed by atoms with van der Waals surface area (Å²) in [5, 5.41) is 10.7. The highest BCUT2D eigenvalue weighted by Crippen LogP contribution is 2.28. The lowest BCUT2D eigenvalue weighted by atomic mass is 10.1. The van der Waals surface area contributed by atoms with Gasteiger partial charge in [0.25, 0.3) is 0 Å². The number of nitrogens with zero attached hydrogens (tertiary/aromatic N) is 4. The Bertz CT molecular complexity index is 827. The first kappa shape index (κ1) is 21.5. The van der Waals surface area contributed by atoms with Gasteiger partial charge in [0.15, 0.2) is 5.13 Å². The first-order valence-corrected chi connectivity index (χ1v) is 11.6. The number of piperazine rings is 1. The number of hydrogen-bond acceptors (Lipinski definition) is 7. The van der Waals surface area contributed by atoms with E-state index in [2.05, 4.69) is 19.7 Å². The fourth-order valence-electron chi connectivity index (χ4n) is 4.38. The van der Waals surface area contributed by atoms with Crippen LogP contribution in [-0.2, 0) is 13.1 Å². The molecule has 2 aliphatic rings. The minimum atomic E-state index is -0.237. The van der Waals surface area contributed by atoms with Gasteiger partial charge in [-0.1, -0.05) is 6.07 Å². The number of aliphatic hydroxyl groups excluding tert-OH is 1. The third-order valence-electron chi connectivity index (χ3n) is 6.08. The Morgan fingerprint density at radius 2 is 2.03 bits per heavy atom. The number of halogens is 1. The van der Waals surface area contributed by atoms with Gasteiger partial charge in [0.2, 0.25) is 0 Å². The predicted octanol–water partition coefficient (Wildman–Crippen LogP) is 2.96. The summed E-state index contributed by atoms with van der Waals surface area (Å²) in [6, 6.07) is 5.25. The van der Waals surface area contributed by atoms with E-state index in [1.54, 1.807) is 30.6 Å². The molecule has 2 aliphatic heterocycles. The summed E-state index contributed by atoms with van der Waals surface area (Å²) >= 11 is 1.80. The van der Waals surface area contributed by atoms with E-state index in [0.717, 1.165) is 44.4 Å². The van der Waals surface area contributed by atoms with Crippen molar-refractivity contribution in [3.63, 3.8) is 0 Å². The Morgan fingerprint density at radius 1 is 1.20 bits per heavy atom. The molecule has 1 aromatic carbocycles. The summed E-state index contributed by atoms with van der Waals surface area (Å²) in [5.74, 6) is 0.296. The second kappa shape index (κ2) is 10.0. The second-order valence-corrected chi connectivity index (χ2v) is 9.23. The molecule has 30 heavy (non-hydrogen) atoms. The van der Waals surface area contributed by atoms with Gasteiger partial charge in [0.1, 0.15) is 11.6 Å². The molecule has 0 spiro atoms. The number of rotatable bonds is 8. The zero-order chi connectivity index (χ0) is 20.9. The van der Waals surface area contributed by atoms with E-state index in [1.807, 2.05) is 6.20 Å². The molecule has 1 aromatic heterocycles. The Kier molecular flexibility index (Phi) is 7.20. The number of thiazole rings is 1. The number of ether oxygens (including phenoxy) is 1. The number of aromatic nitrogens is 1. The highest BCUT2D eigenvalue weighted by atomic mass is 32.1. The van der Waals surface area contributed by atoms with Crippen molar-refractivity contribution in [3.8, 4) is 5.75 Å². The quantitative estimate of drug-likeness (QED) is 0.690. The molecule has 164 valence electrons. The number of methoxy groups -OCH3 is 1. The number of aliphatic hydroxyl groups is 1. The second-order valence-electron chi connectivity index (χ2n) is 8.13. The molecule has 2 fully saturated rings. The number of anilines is 1. The van der Waals surface area contributed by atoms with Crippen LogP contribution < -0.4 is 9.64 Å². The zero-order valence-corrected chi connectivity index (χ0v) is 18.4. The minimum Gasteiger partial charge on any atom is -0.497 e. The average Bonchev–Trinajstić information content (AvgIpc) is 3.43. The van der Waals surface area contributed by atoms with Crippen molar-refractivity contribution in [2.75, 3.05) is 51.3 Å². The van der Waals surface area contributed by atoms with Crippen LogP contribution in [-0.4, -0.2) is 72.4 Å². The van der Waals surface area contributed by atoms with E-state index in [4.69, 9.17) is 4.74 Å². The molecule has 0 unspecified atom stereocenters. The molecular formula is C22H31FN4O2S. The summed E-state index contributed by atoms with van der Waals surface area (Å²) < 4.78 is 19.5. The van der Waals surface area contributed by atoms with Crippen molar-refractivity contribution in [2.24, 2.45) is 0 Å². The van der Waals surface area contributed by atoms with Crippen LogP contribution in [0.5, 0.6) is 5.75 Å². The van der Waals surface area contributed by atoms with Crippen LogP contribution in [0.25, 0.3) is 0 Å². The van der Waals surface area contributed by atoms with Gasteiger partial charge in [-0.05, 0) is 25.3 Å². The molecule has 2 saturated heterocycles. The largest absolute Gasteiger partial charge is 0.497 e. The van der Waals surface area contributed by atoms with Crippen LogP contribution >= 0.6 is 11.3 Å². The average molecular weight is 435 g/mol. The zero-order valence-electron chi connectivity index (χ0n) is 17.6. The summed E-state index contributed by atoms with van der Waals surface area (Å²) in [7, 11) is 1.54. The summed E-state index contributed by atoms with van der Waals surface area (Å²) in [4.78, 5) is 13.0. The molecule has 1 atom stereocenters.